The van der Waals surface area contributed by atoms with Gasteiger partial charge >= 0.3 is 0 Å². The molecule has 36 heavy (non-hydrogen) atoms. The van der Waals surface area contributed by atoms with Crippen LogP contribution in [0.25, 0.3) is 10.8 Å². The summed E-state index contributed by atoms with van der Waals surface area (Å²) in [6.45, 7) is 3.69. The number of rotatable bonds is 8. The highest BCUT2D eigenvalue weighted by molar-refractivity contribution is 8.15. The number of fused-ring (bicyclic) bond motifs is 1. The van der Waals surface area contributed by atoms with Crippen LogP contribution in [0.1, 0.15) is 26.2 Å². The Balaban J connectivity index is 1.33. The van der Waals surface area contributed by atoms with Crippen LogP contribution < -0.4 is 10.1 Å². The van der Waals surface area contributed by atoms with E-state index in [1.54, 1.807) is 4.90 Å². The van der Waals surface area contributed by atoms with E-state index in [1.165, 1.54) is 11.8 Å². The number of amides is 2. The van der Waals surface area contributed by atoms with Crippen LogP contribution >= 0.6 is 11.8 Å². The smallest absolute Gasteiger partial charge is 0.242 e. The van der Waals surface area contributed by atoms with Crippen LogP contribution in [0.5, 0.6) is 5.75 Å². The summed E-state index contributed by atoms with van der Waals surface area (Å²) in [5, 5.41) is 5.08. The van der Waals surface area contributed by atoms with Crippen molar-refractivity contribution >= 4 is 50.9 Å². The Labute approximate surface area is 214 Å². The highest BCUT2D eigenvalue weighted by Gasteiger charge is 2.40. The van der Waals surface area contributed by atoms with Gasteiger partial charge in [-0.05, 0) is 55.5 Å². The van der Waals surface area contributed by atoms with E-state index in [2.05, 4.69) is 5.32 Å². The second-order valence-electron chi connectivity index (χ2n) is 8.79. The summed E-state index contributed by atoms with van der Waals surface area (Å²) >= 11 is 1.34. The molecule has 3 aromatic carbocycles. The van der Waals surface area contributed by atoms with Crippen LogP contribution in [-0.4, -0.2) is 53.0 Å². The van der Waals surface area contributed by atoms with E-state index in [1.807, 2.05) is 73.7 Å². The van der Waals surface area contributed by atoms with Crippen molar-refractivity contribution in [1.29, 1.82) is 0 Å². The number of aliphatic imine (C=N–C) groups is 1. The summed E-state index contributed by atoms with van der Waals surface area (Å²) in [5.74, 6) is 0.473. The molecule has 0 bridgehead atoms. The third kappa shape index (κ3) is 5.55. The van der Waals surface area contributed by atoms with Gasteiger partial charge in [-0.15, -0.1) is 0 Å². The maximum atomic E-state index is 13.4. The van der Waals surface area contributed by atoms with Crippen molar-refractivity contribution in [3.63, 3.8) is 0 Å². The molecule has 7 nitrogen and oxygen atoms in total. The van der Waals surface area contributed by atoms with Gasteiger partial charge in [-0.2, -0.15) is 0 Å². The van der Waals surface area contributed by atoms with Gasteiger partial charge in [-0.25, -0.2) is 4.99 Å². The fourth-order valence-electron chi connectivity index (χ4n) is 4.48. The van der Waals surface area contributed by atoms with Crippen molar-refractivity contribution < 1.29 is 19.1 Å². The van der Waals surface area contributed by atoms with Crippen LogP contribution in [-0.2, 0) is 14.3 Å². The van der Waals surface area contributed by atoms with Crippen molar-refractivity contribution in [1.82, 2.24) is 4.90 Å². The lowest BCUT2D eigenvalue weighted by Crippen LogP contribution is -2.38. The lowest BCUT2D eigenvalue weighted by atomic mass is 10.1. The molecule has 0 saturated carbocycles. The van der Waals surface area contributed by atoms with Gasteiger partial charge in [0.25, 0.3) is 0 Å². The van der Waals surface area contributed by atoms with Gasteiger partial charge in [0.15, 0.2) is 5.17 Å². The Kier molecular flexibility index (Phi) is 7.53. The molecule has 0 spiro atoms. The van der Waals surface area contributed by atoms with Crippen molar-refractivity contribution in [2.24, 2.45) is 4.99 Å². The topological polar surface area (TPSA) is 80.2 Å². The average Bonchev–Trinajstić information content (AvgIpc) is 3.50. The monoisotopic (exact) mass is 503 g/mol. The van der Waals surface area contributed by atoms with Gasteiger partial charge in [0.2, 0.25) is 11.8 Å². The van der Waals surface area contributed by atoms with Gasteiger partial charge < -0.3 is 14.8 Å². The largest absolute Gasteiger partial charge is 0.494 e. The first-order chi connectivity index (χ1) is 17.6. The fourth-order valence-corrected chi connectivity index (χ4v) is 5.65. The van der Waals surface area contributed by atoms with Crippen LogP contribution in [0.15, 0.2) is 71.7 Å². The molecule has 0 radical (unpaired) electrons. The predicted molar refractivity (Wildman–Crippen MR) is 144 cm³/mol. The molecule has 2 aliphatic heterocycles. The number of benzene rings is 3. The van der Waals surface area contributed by atoms with Crippen molar-refractivity contribution in [2.75, 3.05) is 25.1 Å². The van der Waals surface area contributed by atoms with Crippen LogP contribution in [0, 0.1) is 0 Å². The van der Waals surface area contributed by atoms with Crippen LogP contribution in [0.3, 0.4) is 0 Å². The molecule has 3 aromatic rings. The quantitative estimate of drug-likeness (QED) is 0.447. The van der Waals surface area contributed by atoms with Gasteiger partial charge in [0.05, 0.1) is 24.9 Å². The molecule has 2 aliphatic rings. The van der Waals surface area contributed by atoms with Crippen LogP contribution in [0.4, 0.5) is 11.4 Å². The van der Waals surface area contributed by atoms with E-state index in [4.69, 9.17) is 14.5 Å². The minimum atomic E-state index is -0.539. The normalized spacial score (nSPS) is 20.9. The number of ether oxygens (including phenoxy) is 2. The van der Waals surface area contributed by atoms with E-state index >= 15 is 0 Å². The van der Waals surface area contributed by atoms with E-state index in [0.717, 1.165) is 40.7 Å². The second-order valence-corrected chi connectivity index (χ2v) is 9.96. The molecule has 186 valence electrons. The van der Waals surface area contributed by atoms with E-state index in [9.17, 15) is 9.59 Å². The number of hydrogen-bond acceptors (Lipinski definition) is 6. The Hall–Kier alpha value is -3.36. The van der Waals surface area contributed by atoms with E-state index < -0.39 is 5.25 Å². The molecular formula is C28H29N3O4S. The fraction of sp³-hybridized carbons (Fsp3) is 0.321. The van der Waals surface area contributed by atoms with Gasteiger partial charge in [0, 0.05) is 24.1 Å². The summed E-state index contributed by atoms with van der Waals surface area (Å²) < 4.78 is 11.3. The highest BCUT2D eigenvalue weighted by atomic mass is 32.2. The first kappa shape index (κ1) is 24.3. The minimum absolute atomic E-state index is 0.0108. The van der Waals surface area contributed by atoms with Crippen LogP contribution in [0.2, 0.25) is 0 Å². The first-order valence-electron chi connectivity index (χ1n) is 12.3. The summed E-state index contributed by atoms with van der Waals surface area (Å²) in [4.78, 5) is 32.8. The third-order valence-corrected chi connectivity index (χ3v) is 7.41. The number of hydrogen-bond donors (Lipinski definition) is 1. The Morgan fingerprint density at radius 3 is 2.72 bits per heavy atom. The summed E-state index contributed by atoms with van der Waals surface area (Å²) in [7, 11) is 0. The molecule has 0 aromatic heterocycles. The number of carbonyl (C=O) groups is 2. The molecule has 2 unspecified atom stereocenters. The van der Waals surface area contributed by atoms with Gasteiger partial charge in [-0.1, -0.05) is 48.2 Å². The lowest BCUT2D eigenvalue weighted by molar-refractivity contribution is -0.129. The first-order valence-corrected chi connectivity index (χ1v) is 13.2. The number of carbonyl (C=O) groups excluding carboxylic acids is 2. The van der Waals surface area contributed by atoms with E-state index in [0.29, 0.717) is 24.9 Å². The number of nitrogens with one attached hydrogen (secondary N) is 1. The molecule has 2 amide bonds. The minimum Gasteiger partial charge on any atom is -0.494 e. The van der Waals surface area contributed by atoms with Crippen molar-refractivity contribution in [3.05, 3.63) is 66.7 Å². The number of amidine groups is 1. The lowest BCUT2D eigenvalue weighted by Gasteiger charge is -2.20. The third-order valence-electron chi connectivity index (χ3n) is 6.24. The molecule has 1 N–H and O–H groups in total. The summed E-state index contributed by atoms with van der Waals surface area (Å²) in [6.07, 6.45) is 1.96. The molecule has 2 fully saturated rings. The maximum Gasteiger partial charge on any atom is 0.242 e. The predicted octanol–water partition coefficient (Wildman–Crippen LogP) is 5.38. The molecule has 2 saturated heterocycles. The molecule has 2 atom stereocenters. The standard InChI is InChI=1S/C28H29N3O4S/c1-2-34-21-14-12-20(13-15-21)29-28-31(18-22-9-6-16-35-22)27(33)25(36-28)17-26(32)30-24-11-5-8-19-7-3-4-10-23(19)24/h3-5,7-8,10-15,22,25H,2,6,9,16-18H2,1H3,(H,30,32). The number of nitrogens with zero attached hydrogens (tertiary/aromatic N) is 2. The second kappa shape index (κ2) is 11.1. The van der Waals surface area contributed by atoms with Gasteiger partial charge in [0.1, 0.15) is 11.0 Å². The van der Waals surface area contributed by atoms with Crippen molar-refractivity contribution in [2.45, 2.75) is 37.5 Å². The zero-order chi connectivity index (χ0) is 24.9. The molecule has 0 aliphatic carbocycles. The average molecular weight is 504 g/mol. The summed E-state index contributed by atoms with van der Waals surface area (Å²) in [5.41, 5.74) is 1.47. The van der Waals surface area contributed by atoms with Gasteiger partial charge in [-0.3, -0.25) is 14.5 Å². The maximum absolute atomic E-state index is 13.4. The SMILES string of the molecule is CCOc1ccc(N=C2SC(CC(=O)Nc3cccc4ccccc34)C(=O)N2CC2CCCO2)cc1. The van der Waals surface area contributed by atoms with Crippen molar-refractivity contribution in [3.8, 4) is 5.75 Å². The molecular weight excluding hydrogens is 474 g/mol. The number of thioether (sulfide) groups is 1. The zero-order valence-corrected chi connectivity index (χ0v) is 21.0. The Morgan fingerprint density at radius 1 is 1.14 bits per heavy atom. The molecule has 2 heterocycles. The zero-order valence-electron chi connectivity index (χ0n) is 20.2. The Bertz CT molecular complexity index is 1270. The van der Waals surface area contributed by atoms with E-state index in [-0.39, 0.29) is 24.3 Å². The number of anilines is 1. The Morgan fingerprint density at radius 2 is 1.94 bits per heavy atom. The highest BCUT2D eigenvalue weighted by Crippen LogP contribution is 2.34. The summed E-state index contributed by atoms with van der Waals surface area (Å²) in [6, 6.07) is 21.2. The molecule has 5 rings (SSSR count). The molecule has 8 heteroatoms.